The summed E-state index contributed by atoms with van der Waals surface area (Å²) in [5, 5.41) is 3.50. The highest BCUT2D eigenvalue weighted by molar-refractivity contribution is 5.85. The van der Waals surface area contributed by atoms with E-state index < -0.39 is 0 Å². The molecule has 29 heavy (non-hydrogen) atoms. The zero-order valence-electron chi connectivity index (χ0n) is 17.1. The van der Waals surface area contributed by atoms with Gasteiger partial charge in [0.2, 0.25) is 0 Å². The molecule has 0 radical (unpaired) electrons. The number of piperazine rings is 1. The monoisotopic (exact) mass is 436 g/mol. The number of halogens is 2. The molecule has 3 nitrogen and oxygen atoms in total. The van der Waals surface area contributed by atoms with Gasteiger partial charge in [-0.2, -0.15) is 0 Å². The highest BCUT2D eigenvalue weighted by Crippen LogP contribution is 2.39. The number of hydrogen-bond donors (Lipinski definition) is 1. The molecule has 160 valence electrons. The lowest BCUT2D eigenvalue weighted by atomic mass is 9.80. The second-order valence-corrected chi connectivity index (χ2v) is 7.97. The Balaban J connectivity index is 0.00000150. The molecule has 0 bridgehead atoms. The van der Waals surface area contributed by atoms with Gasteiger partial charge in [0.1, 0.15) is 12.4 Å². The molecule has 4 rings (SSSR count). The van der Waals surface area contributed by atoms with E-state index in [4.69, 9.17) is 4.74 Å². The summed E-state index contributed by atoms with van der Waals surface area (Å²) in [7, 11) is 0. The molecule has 1 aliphatic carbocycles. The Morgan fingerprint density at radius 1 is 0.862 bits per heavy atom. The zero-order valence-corrected chi connectivity index (χ0v) is 18.7. The minimum Gasteiger partial charge on any atom is -0.489 e. The van der Waals surface area contributed by atoms with Crippen molar-refractivity contribution in [3.05, 3.63) is 65.7 Å². The van der Waals surface area contributed by atoms with E-state index in [2.05, 4.69) is 58.7 Å². The number of hydrogen-bond acceptors (Lipinski definition) is 3. The fraction of sp³-hybridized carbons (Fsp3) is 0.500. The SMILES string of the molecule is Cl.Cl.c1ccc(COc2ccc([C@H](C3CCCCC3)N3CCNCC3)cc2)cc1. The Hall–Kier alpha value is -1.26. The van der Waals surface area contributed by atoms with E-state index in [1.807, 2.05) is 6.07 Å². The molecular formula is C24H34Cl2N2O. The molecule has 1 saturated carbocycles. The minimum absolute atomic E-state index is 0. The van der Waals surface area contributed by atoms with Crippen LogP contribution in [0.1, 0.15) is 49.3 Å². The predicted molar refractivity (Wildman–Crippen MR) is 125 cm³/mol. The standard InChI is InChI=1S/C24H32N2O.2ClH/c1-3-7-20(8-4-1)19-27-23-13-11-22(12-14-23)24(21-9-5-2-6-10-21)26-17-15-25-16-18-26;;/h1,3-4,7-8,11-14,21,24-25H,2,5-6,9-10,15-19H2;2*1H/t24-;;/m0../s1. The van der Waals surface area contributed by atoms with E-state index in [1.54, 1.807) is 0 Å². The first-order chi connectivity index (χ1) is 13.4. The Morgan fingerprint density at radius 2 is 1.52 bits per heavy atom. The van der Waals surface area contributed by atoms with Crippen LogP contribution in [-0.4, -0.2) is 31.1 Å². The van der Waals surface area contributed by atoms with E-state index in [0.717, 1.165) is 37.8 Å². The summed E-state index contributed by atoms with van der Waals surface area (Å²) in [6.07, 6.45) is 6.95. The van der Waals surface area contributed by atoms with Crippen LogP contribution in [-0.2, 0) is 6.61 Å². The third kappa shape index (κ3) is 6.62. The first-order valence-corrected chi connectivity index (χ1v) is 10.6. The van der Waals surface area contributed by atoms with Crippen LogP contribution in [0.4, 0.5) is 0 Å². The molecule has 1 aliphatic heterocycles. The molecule has 0 unspecified atom stereocenters. The summed E-state index contributed by atoms with van der Waals surface area (Å²) in [4.78, 5) is 2.71. The van der Waals surface area contributed by atoms with Gasteiger partial charge >= 0.3 is 0 Å². The Kier molecular flexibility index (Phi) is 10.3. The summed E-state index contributed by atoms with van der Waals surface area (Å²) in [5.74, 6) is 1.76. The number of ether oxygens (including phenoxy) is 1. The van der Waals surface area contributed by atoms with E-state index in [-0.39, 0.29) is 24.8 Å². The van der Waals surface area contributed by atoms with Crippen LogP contribution in [0, 0.1) is 5.92 Å². The quantitative estimate of drug-likeness (QED) is 0.634. The maximum absolute atomic E-state index is 5.99. The van der Waals surface area contributed by atoms with Crippen LogP contribution in [0.3, 0.4) is 0 Å². The second-order valence-electron chi connectivity index (χ2n) is 7.97. The lowest BCUT2D eigenvalue weighted by Gasteiger charge is -2.41. The van der Waals surface area contributed by atoms with Gasteiger partial charge in [-0.15, -0.1) is 24.8 Å². The summed E-state index contributed by atoms with van der Waals surface area (Å²) in [5.41, 5.74) is 2.68. The highest BCUT2D eigenvalue weighted by atomic mass is 35.5. The van der Waals surface area contributed by atoms with Gasteiger partial charge in [0.15, 0.2) is 0 Å². The molecule has 1 saturated heterocycles. The molecule has 2 aromatic rings. The average Bonchev–Trinajstić information content (AvgIpc) is 2.76. The number of rotatable bonds is 6. The number of nitrogens with one attached hydrogen (secondary N) is 1. The number of nitrogens with zero attached hydrogens (tertiary/aromatic N) is 1. The van der Waals surface area contributed by atoms with Crippen molar-refractivity contribution in [3.63, 3.8) is 0 Å². The van der Waals surface area contributed by atoms with E-state index in [0.29, 0.717) is 12.6 Å². The van der Waals surface area contributed by atoms with Crippen molar-refractivity contribution in [1.29, 1.82) is 0 Å². The fourth-order valence-corrected chi connectivity index (χ4v) is 4.69. The average molecular weight is 437 g/mol. The van der Waals surface area contributed by atoms with Gasteiger partial charge in [-0.25, -0.2) is 0 Å². The molecule has 2 aromatic carbocycles. The van der Waals surface area contributed by atoms with Crippen LogP contribution < -0.4 is 10.1 Å². The molecule has 0 aromatic heterocycles. The van der Waals surface area contributed by atoms with Crippen LogP contribution >= 0.6 is 24.8 Å². The Labute approximate surface area is 188 Å². The molecule has 2 fully saturated rings. The van der Waals surface area contributed by atoms with Crippen molar-refractivity contribution >= 4 is 24.8 Å². The molecule has 0 amide bonds. The van der Waals surface area contributed by atoms with Crippen molar-refractivity contribution in [2.45, 2.75) is 44.8 Å². The highest BCUT2D eigenvalue weighted by Gasteiger charge is 2.30. The minimum atomic E-state index is 0. The van der Waals surface area contributed by atoms with Crippen LogP contribution in [0.5, 0.6) is 5.75 Å². The maximum Gasteiger partial charge on any atom is 0.119 e. The Morgan fingerprint density at radius 3 is 2.17 bits per heavy atom. The molecule has 1 atom stereocenters. The molecule has 5 heteroatoms. The van der Waals surface area contributed by atoms with Gasteiger partial charge in [0.25, 0.3) is 0 Å². The molecule has 0 spiro atoms. The number of benzene rings is 2. The molecule has 2 aliphatic rings. The van der Waals surface area contributed by atoms with Gasteiger partial charge in [-0.05, 0) is 42.0 Å². The van der Waals surface area contributed by atoms with Gasteiger partial charge < -0.3 is 10.1 Å². The summed E-state index contributed by atoms with van der Waals surface area (Å²) in [6.45, 7) is 5.17. The maximum atomic E-state index is 5.99. The first-order valence-electron chi connectivity index (χ1n) is 10.6. The van der Waals surface area contributed by atoms with Crippen molar-refractivity contribution in [2.24, 2.45) is 5.92 Å². The van der Waals surface area contributed by atoms with Crippen LogP contribution in [0.25, 0.3) is 0 Å². The topological polar surface area (TPSA) is 24.5 Å². The molecular weight excluding hydrogens is 403 g/mol. The lowest BCUT2D eigenvalue weighted by Crippen LogP contribution is -2.47. The molecule has 1 N–H and O–H groups in total. The normalized spacial score (nSPS) is 18.9. The van der Waals surface area contributed by atoms with Crippen molar-refractivity contribution in [2.75, 3.05) is 26.2 Å². The predicted octanol–water partition coefficient (Wildman–Crippen LogP) is 5.64. The lowest BCUT2D eigenvalue weighted by molar-refractivity contribution is 0.103. The van der Waals surface area contributed by atoms with E-state index in [9.17, 15) is 0 Å². The zero-order chi connectivity index (χ0) is 18.3. The van der Waals surface area contributed by atoms with Crippen molar-refractivity contribution < 1.29 is 4.74 Å². The van der Waals surface area contributed by atoms with Gasteiger partial charge in [0.05, 0.1) is 0 Å². The largest absolute Gasteiger partial charge is 0.489 e. The van der Waals surface area contributed by atoms with Gasteiger partial charge in [0, 0.05) is 32.2 Å². The summed E-state index contributed by atoms with van der Waals surface area (Å²) in [6, 6.07) is 19.9. The summed E-state index contributed by atoms with van der Waals surface area (Å²) >= 11 is 0. The van der Waals surface area contributed by atoms with E-state index in [1.165, 1.54) is 43.2 Å². The third-order valence-corrected chi connectivity index (χ3v) is 6.11. The fourth-order valence-electron chi connectivity index (χ4n) is 4.69. The summed E-state index contributed by atoms with van der Waals surface area (Å²) < 4.78 is 5.99. The van der Waals surface area contributed by atoms with Gasteiger partial charge in [-0.1, -0.05) is 61.7 Å². The van der Waals surface area contributed by atoms with Crippen LogP contribution in [0.2, 0.25) is 0 Å². The third-order valence-electron chi connectivity index (χ3n) is 6.11. The van der Waals surface area contributed by atoms with Crippen molar-refractivity contribution in [1.82, 2.24) is 10.2 Å². The Bertz CT molecular complexity index is 666. The van der Waals surface area contributed by atoms with Crippen molar-refractivity contribution in [3.8, 4) is 5.75 Å². The smallest absolute Gasteiger partial charge is 0.119 e. The second kappa shape index (κ2) is 12.4. The van der Waals surface area contributed by atoms with Gasteiger partial charge in [-0.3, -0.25) is 4.90 Å². The van der Waals surface area contributed by atoms with E-state index >= 15 is 0 Å². The first kappa shape index (κ1) is 24.0. The molecule has 1 heterocycles. The van der Waals surface area contributed by atoms with Crippen LogP contribution in [0.15, 0.2) is 54.6 Å².